The quantitative estimate of drug-likeness (QED) is 0.886. The maximum absolute atomic E-state index is 11.6. The summed E-state index contributed by atoms with van der Waals surface area (Å²) >= 11 is 0. The molecule has 3 rings (SSSR count). The molecule has 20 heavy (non-hydrogen) atoms. The summed E-state index contributed by atoms with van der Waals surface area (Å²) in [5, 5.41) is 3.03. The third kappa shape index (κ3) is 3.58. The zero-order chi connectivity index (χ0) is 13.8. The van der Waals surface area contributed by atoms with Crippen LogP contribution in [0.1, 0.15) is 24.5 Å². The molecule has 1 saturated heterocycles. The SMILES string of the molecule is O=C(NCCN1CCOC(c2ccccc2)C1)C1CC1. The number of morpholine rings is 1. The number of carbonyl (C=O) groups is 1. The number of benzene rings is 1. The molecular formula is C16H22N2O2. The number of hydrogen-bond donors (Lipinski definition) is 1. The Balaban J connectivity index is 1.44. The van der Waals surface area contributed by atoms with Gasteiger partial charge in [-0.3, -0.25) is 9.69 Å². The second-order valence-corrected chi connectivity index (χ2v) is 5.64. The van der Waals surface area contributed by atoms with E-state index in [-0.39, 0.29) is 12.0 Å². The minimum atomic E-state index is 0.157. The summed E-state index contributed by atoms with van der Waals surface area (Å²) in [6.07, 6.45) is 2.29. The van der Waals surface area contributed by atoms with Gasteiger partial charge in [-0.1, -0.05) is 30.3 Å². The van der Waals surface area contributed by atoms with Crippen LogP contribution in [0, 0.1) is 5.92 Å². The fourth-order valence-electron chi connectivity index (χ4n) is 2.60. The van der Waals surface area contributed by atoms with Crippen molar-refractivity contribution < 1.29 is 9.53 Å². The summed E-state index contributed by atoms with van der Waals surface area (Å²) in [5.74, 6) is 0.537. The highest BCUT2D eigenvalue weighted by atomic mass is 16.5. The minimum Gasteiger partial charge on any atom is -0.371 e. The van der Waals surface area contributed by atoms with Gasteiger partial charge >= 0.3 is 0 Å². The highest BCUT2D eigenvalue weighted by Crippen LogP contribution is 2.28. The fourth-order valence-corrected chi connectivity index (χ4v) is 2.60. The first-order valence-electron chi connectivity index (χ1n) is 7.49. The lowest BCUT2D eigenvalue weighted by atomic mass is 10.1. The van der Waals surface area contributed by atoms with Gasteiger partial charge in [0.2, 0.25) is 5.91 Å². The van der Waals surface area contributed by atoms with Crippen molar-refractivity contribution in [3.63, 3.8) is 0 Å². The molecule has 1 atom stereocenters. The first-order chi connectivity index (χ1) is 9.83. The second-order valence-electron chi connectivity index (χ2n) is 5.64. The summed E-state index contributed by atoms with van der Waals surface area (Å²) in [6.45, 7) is 4.27. The molecule has 1 aromatic carbocycles. The molecule has 0 radical (unpaired) electrons. The van der Waals surface area contributed by atoms with Crippen molar-refractivity contribution in [2.24, 2.45) is 5.92 Å². The average molecular weight is 274 g/mol. The van der Waals surface area contributed by atoms with Crippen molar-refractivity contribution in [1.29, 1.82) is 0 Å². The van der Waals surface area contributed by atoms with Crippen molar-refractivity contribution in [3.8, 4) is 0 Å². The van der Waals surface area contributed by atoms with Crippen LogP contribution in [-0.4, -0.2) is 43.6 Å². The molecule has 1 heterocycles. The lowest BCUT2D eigenvalue weighted by Gasteiger charge is -2.33. The monoisotopic (exact) mass is 274 g/mol. The Morgan fingerprint density at radius 3 is 2.85 bits per heavy atom. The third-order valence-electron chi connectivity index (χ3n) is 4.00. The molecule has 0 aromatic heterocycles. The number of ether oxygens (including phenoxy) is 1. The topological polar surface area (TPSA) is 41.6 Å². The molecule has 0 spiro atoms. The number of nitrogens with zero attached hydrogens (tertiary/aromatic N) is 1. The Kier molecular flexibility index (Phi) is 4.33. The second kappa shape index (κ2) is 6.37. The molecule has 1 aliphatic heterocycles. The van der Waals surface area contributed by atoms with Crippen LogP contribution in [0.2, 0.25) is 0 Å². The maximum Gasteiger partial charge on any atom is 0.223 e. The highest BCUT2D eigenvalue weighted by Gasteiger charge is 2.29. The van der Waals surface area contributed by atoms with Gasteiger partial charge in [0, 0.05) is 32.1 Å². The van der Waals surface area contributed by atoms with E-state index in [0.717, 1.165) is 45.6 Å². The van der Waals surface area contributed by atoms with Gasteiger partial charge in [-0.15, -0.1) is 0 Å². The molecule has 4 heteroatoms. The molecule has 1 N–H and O–H groups in total. The predicted molar refractivity (Wildman–Crippen MR) is 77.3 cm³/mol. The van der Waals surface area contributed by atoms with Gasteiger partial charge in [0.05, 0.1) is 12.7 Å². The third-order valence-corrected chi connectivity index (χ3v) is 4.00. The lowest BCUT2D eigenvalue weighted by Crippen LogP contribution is -2.42. The standard InChI is InChI=1S/C16H22N2O2/c19-16(14-6-7-14)17-8-9-18-10-11-20-15(12-18)13-4-2-1-3-5-13/h1-5,14-15H,6-12H2,(H,17,19). The Bertz CT molecular complexity index is 445. The van der Waals surface area contributed by atoms with Crippen LogP contribution in [-0.2, 0) is 9.53 Å². The van der Waals surface area contributed by atoms with Crippen molar-refractivity contribution in [2.45, 2.75) is 18.9 Å². The van der Waals surface area contributed by atoms with Crippen molar-refractivity contribution in [1.82, 2.24) is 10.2 Å². The van der Waals surface area contributed by atoms with Crippen LogP contribution in [0.3, 0.4) is 0 Å². The minimum absolute atomic E-state index is 0.157. The molecule has 1 aliphatic carbocycles. The normalized spacial score (nSPS) is 23.5. The van der Waals surface area contributed by atoms with E-state index in [1.165, 1.54) is 5.56 Å². The predicted octanol–water partition coefficient (Wildman–Crippen LogP) is 1.59. The molecular weight excluding hydrogens is 252 g/mol. The van der Waals surface area contributed by atoms with E-state index in [1.807, 2.05) is 18.2 Å². The van der Waals surface area contributed by atoms with E-state index in [0.29, 0.717) is 5.92 Å². The van der Waals surface area contributed by atoms with Crippen LogP contribution in [0.15, 0.2) is 30.3 Å². The Hall–Kier alpha value is -1.39. The van der Waals surface area contributed by atoms with Gasteiger partial charge in [-0.2, -0.15) is 0 Å². The van der Waals surface area contributed by atoms with Gasteiger partial charge in [0.25, 0.3) is 0 Å². The van der Waals surface area contributed by atoms with Gasteiger partial charge in [0.1, 0.15) is 0 Å². The maximum atomic E-state index is 11.6. The number of amides is 1. The number of rotatable bonds is 5. The summed E-state index contributed by atoms with van der Waals surface area (Å²) in [5.41, 5.74) is 1.24. The van der Waals surface area contributed by atoms with Crippen LogP contribution in [0.5, 0.6) is 0 Å². The van der Waals surface area contributed by atoms with E-state index < -0.39 is 0 Å². The smallest absolute Gasteiger partial charge is 0.223 e. The molecule has 4 nitrogen and oxygen atoms in total. The first kappa shape index (κ1) is 13.6. The molecule has 1 amide bonds. The summed E-state index contributed by atoms with van der Waals surface area (Å²) in [6, 6.07) is 10.4. The van der Waals surface area contributed by atoms with Crippen LogP contribution < -0.4 is 5.32 Å². The van der Waals surface area contributed by atoms with E-state index in [2.05, 4.69) is 22.3 Å². The molecule has 2 aliphatic rings. The van der Waals surface area contributed by atoms with Gasteiger partial charge < -0.3 is 10.1 Å². The first-order valence-corrected chi connectivity index (χ1v) is 7.49. The molecule has 1 aromatic rings. The Labute approximate surface area is 120 Å². The summed E-state index contributed by atoms with van der Waals surface area (Å²) in [4.78, 5) is 13.9. The largest absolute Gasteiger partial charge is 0.371 e. The van der Waals surface area contributed by atoms with Crippen molar-refractivity contribution >= 4 is 5.91 Å². The molecule has 1 unspecified atom stereocenters. The van der Waals surface area contributed by atoms with E-state index >= 15 is 0 Å². The summed E-state index contributed by atoms with van der Waals surface area (Å²) < 4.78 is 5.84. The zero-order valence-corrected chi connectivity index (χ0v) is 11.8. The zero-order valence-electron chi connectivity index (χ0n) is 11.8. The molecule has 1 saturated carbocycles. The number of nitrogens with one attached hydrogen (secondary N) is 1. The van der Waals surface area contributed by atoms with Gasteiger partial charge in [-0.25, -0.2) is 0 Å². The molecule has 108 valence electrons. The summed E-state index contributed by atoms with van der Waals surface area (Å²) in [7, 11) is 0. The Morgan fingerprint density at radius 1 is 1.30 bits per heavy atom. The van der Waals surface area contributed by atoms with Crippen molar-refractivity contribution in [2.75, 3.05) is 32.8 Å². The van der Waals surface area contributed by atoms with Crippen molar-refractivity contribution in [3.05, 3.63) is 35.9 Å². The Morgan fingerprint density at radius 2 is 2.10 bits per heavy atom. The van der Waals surface area contributed by atoms with E-state index in [1.54, 1.807) is 0 Å². The lowest BCUT2D eigenvalue weighted by molar-refractivity contribution is -0.122. The number of hydrogen-bond acceptors (Lipinski definition) is 3. The fraction of sp³-hybridized carbons (Fsp3) is 0.562. The van der Waals surface area contributed by atoms with Gasteiger partial charge in [-0.05, 0) is 18.4 Å². The van der Waals surface area contributed by atoms with Gasteiger partial charge in [0.15, 0.2) is 0 Å². The average Bonchev–Trinajstić information content (AvgIpc) is 3.33. The van der Waals surface area contributed by atoms with E-state index in [4.69, 9.17) is 4.74 Å². The van der Waals surface area contributed by atoms with E-state index in [9.17, 15) is 4.79 Å². The van der Waals surface area contributed by atoms with Crippen LogP contribution >= 0.6 is 0 Å². The molecule has 0 bridgehead atoms. The van der Waals surface area contributed by atoms with Crippen LogP contribution in [0.4, 0.5) is 0 Å². The highest BCUT2D eigenvalue weighted by molar-refractivity contribution is 5.80. The number of carbonyl (C=O) groups excluding carboxylic acids is 1. The molecule has 2 fully saturated rings. The van der Waals surface area contributed by atoms with Crippen LogP contribution in [0.25, 0.3) is 0 Å².